The third kappa shape index (κ3) is 3.14. The number of fused-ring (bicyclic) bond motifs is 1. The van der Waals surface area contributed by atoms with Gasteiger partial charge in [0.05, 0.1) is 6.61 Å². The SMILES string of the molecule is CNCC1(CCOc2ccc(Br)cc2)CC2CC2C1. The van der Waals surface area contributed by atoms with Gasteiger partial charge < -0.3 is 10.1 Å². The fourth-order valence-corrected chi connectivity index (χ4v) is 4.00. The molecule has 1 aromatic rings. The molecule has 1 aromatic carbocycles. The van der Waals surface area contributed by atoms with E-state index in [0.29, 0.717) is 5.41 Å². The minimum absolute atomic E-state index is 0.498. The van der Waals surface area contributed by atoms with Crippen LogP contribution < -0.4 is 10.1 Å². The maximum Gasteiger partial charge on any atom is 0.119 e. The van der Waals surface area contributed by atoms with Crippen LogP contribution in [0.4, 0.5) is 0 Å². The molecule has 0 aromatic heterocycles. The Hall–Kier alpha value is -0.540. The van der Waals surface area contributed by atoms with Crippen LogP contribution in [0.5, 0.6) is 5.75 Å². The van der Waals surface area contributed by atoms with Crippen molar-refractivity contribution in [3.8, 4) is 5.75 Å². The highest BCUT2D eigenvalue weighted by atomic mass is 79.9. The van der Waals surface area contributed by atoms with Gasteiger partial charge in [0, 0.05) is 11.0 Å². The maximum absolute atomic E-state index is 5.90. The molecule has 2 nitrogen and oxygen atoms in total. The average molecular weight is 324 g/mol. The average Bonchev–Trinajstić information content (AvgIpc) is 3.01. The molecule has 0 spiro atoms. The molecule has 1 N–H and O–H groups in total. The maximum atomic E-state index is 5.90. The van der Waals surface area contributed by atoms with E-state index in [4.69, 9.17) is 4.74 Å². The predicted molar refractivity (Wildman–Crippen MR) is 81.4 cm³/mol. The third-order valence-corrected chi connectivity index (χ3v) is 5.25. The van der Waals surface area contributed by atoms with Crippen molar-refractivity contribution in [3.05, 3.63) is 28.7 Å². The van der Waals surface area contributed by atoms with Gasteiger partial charge in [-0.3, -0.25) is 0 Å². The van der Waals surface area contributed by atoms with E-state index >= 15 is 0 Å². The highest BCUT2D eigenvalue weighted by Crippen LogP contribution is 2.60. The number of hydrogen-bond donors (Lipinski definition) is 1. The van der Waals surface area contributed by atoms with Gasteiger partial charge in [0.2, 0.25) is 0 Å². The van der Waals surface area contributed by atoms with Crippen LogP contribution in [-0.2, 0) is 0 Å². The molecule has 2 saturated carbocycles. The van der Waals surface area contributed by atoms with E-state index in [9.17, 15) is 0 Å². The first-order valence-electron chi connectivity index (χ1n) is 7.24. The molecule has 3 rings (SSSR count). The fraction of sp³-hybridized carbons (Fsp3) is 0.625. The molecule has 2 aliphatic carbocycles. The molecule has 0 amide bonds. The van der Waals surface area contributed by atoms with Crippen LogP contribution in [0.15, 0.2) is 28.7 Å². The summed E-state index contributed by atoms with van der Waals surface area (Å²) in [6.07, 6.45) is 5.47. The van der Waals surface area contributed by atoms with Crippen molar-refractivity contribution in [1.29, 1.82) is 0 Å². The topological polar surface area (TPSA) is 21.3 Å². The molecule has 0 radical (unpaired) electrons. The molecule has 0 bridgehead atoms. The minimum Gasteiger partial charge on any atom is -0.494 e. The van der Waals surface area contributed by atoms with Crippen molar-refractivity contribution in [2.75, 3.05) is 20.2 Å². The van der Waals surface area contributed by atoms with Crippen molar-refractivity contribution in [3.63, 3.8) is 0 Å². The lowest BCUT2D eigenvalue weighted by Crippen LogP contribution is -2.33. The molecule has 3 heteroatoms. The van der Waals surface area contributed by atoms with Crippen molar-refractivity contribution in [2.24, 2.45) is 17.3 Å². The number of benzene rings is 1. The Kier molecular flexibility index (Phi) is 3.86. The first kappa shape index (κ1) is 13.4. The molecule has 2 unspecified atom stereocenters. The molecule has 2 fully saturated rings. The molecule has 104 valence electrons. The van der Waals surface area contributed by atoms with E-state index in [1.54, 1.807) is 0 Å². The van der Waals surface area contributed by atoms with Crippen LogP contribution in [-0.4, -0.2) is 20.2 Å². The summed E-state index contributed by atoms with van der Waals surface area (Å²) < 4.78 is 7.00. The van der Waals surface area contributed by atoms with Gasteiger partial charge in [0.15, 0.2) is 0 Å². The lowest BCUT2D eigenvalue weighted by atomic mass is 9.80. The van der Waals surface area contributed by atoms with Crippen molar-refractivity contribution in [2.45, 2.75) is 25.7 Å². The third-order valence-electron chi connectivity index (χ3n) is 4.73. The second kappa shape index (κ2) is 5.45. The summed E-state index contributed by atoms with van der Waals surface area (Å²) in [5.74, 6) is 3.04. The lowest BCUT2D eigenvalue weighted by molar-refractivity contribution is 0.180. The number of halogens is 1. The van der Waals surface area contributed by atoms with E-state index in [0.717, 1.165) is 35.2 Å². The largest absolute Gasteiger partial charge is 0.494 e. The first-order valence-corrected chi connectivity index (χ1v) is 8.03. The molecule has 2 aliphatic rings. The van der Waals surface area contributed by atoms with Crippen LogP contribution in [0.1, 0.15) is 25.7 Å². The second-order valence-electron chi connectivity index (χ2n) is 6.25. The van der Waals surface area contributed by atoms with Crippen LogP contribution in [0.2, 0.25) is 0 Å². The molecule has 0 aliphatic heterocycles. The zero-order valence-corrected chi connectivity index (χ0v) is 13.1. The summed E-state index contributed by atoms with van der Waals surface area (Å²) in [6.45, 7) is 1.98. The summed E-state index contributed by atoms with van der Waals surface area (Å²) in [4.78, 5) is 0. The number of nitrogens with one attached hydrogen (secondary N) is 1. The van der Waals surface area contributed by atoms with Crippen LogP contribution in [0.25, 0.3) is 0 Å². The van der Waals surface area contributed by atoms with Gasteiger partial charge in [-0.25, -0.2) is 0 Å². The van der Waals surface area contributed by atoms with Crippen LogP contribution in [0, 0.1) is 17.3 Å². The summed E-state index contributed by atoms with van der Waals surface area (Å²) in [7, 11) is 2.07. The van der Waals surface area contributed by atoms with Gasteiger partial charge in [0.1, 0.15) is 5.75 Å². The Morgan fingerprint density at radius 3 is 2.58 bits per heavy atom. The van der Waals surface area contributed by atoms with Crippen LogP contribution in [0.3, 0.4) is 0 Å². The molecule has 0 saturated heterocycles. The predicted octanol–water partition coefficient (Wildman–Crippen LogP) is 3.85. The van der Waals surface area contributed by atoms with Gasteiger partial charge in [-0.15, -0.1) is 0 Å². The van der Waals surface area contributed by atoms with E-state index in [1.165, 1.54) is 25.7 Å². The molecular formula is C16H22BrNO. The molecule has 19 heavy (non-hydrogen) atoms. The zero-order valence-electron chi connectivity index (χ0n) is 11.5. The monoisotopic (exact) mass is 323 g/mol. The zero-order chi connectivity index (χ0) is 13.3. The summed E-state index contributed by atoms with van der Waals surface area (Å²) in [6, 6.07) is 8.12. The highest BCUT2D eigenvalue weighted by molar-refractivity contribution is 9.10. The van der Waals surface area contributed by atoms with Crippen molar-refractivity contribution in [1.82, 2.24) is 5.32 Å². The standard InChI is InChI=1S/C16H22BrNO/c1-18-11-16(9-12-8-13(12)10-16)6-7-19-15-4-2-14(17)3-5-15/h2-5,12-13,18H,6-11H2,1H3. The Balaban J connectivity index is 1.51. The fourth-order valence-electron chi connectivity index (χ4n) is 3.73. The molecular weight excluding hydrogens is 302 g/mol. The Labute approximate surface area is 124 Å². The first-order chi connectivity index (χ1) is 9.21. The van der Waals surface area contributed by atoms with Gasteiger partial charge in [-0.1, -0.05) is 15.9 Å². The van der Waals surface area contributed by atoms with E-state index in [-0.39, 0.29) is 0 Å². The summed E-state index contributed by atoms with van der Waals surface area (Å²) >= 11 is 3.44. The Bertz CT molecular complexity index is 421. The van der Waals surface area contributed by atoms with Gasteiger partial charge >= 0.3 is 0 Å². The number of ether oxygens (including phenoxy) is 1. The van der Waals surface area contributed by atoms with E-state index in [1.807, 2.05) is 24.3 Å². The normalized spacial score (nSPS) is 32.1. The van der Waals surface area contributed by atoms with Gasteiger partial charge in [-0.05, 0) is 74.2 Å². The van der Waals surface area contributed by atoms with E-state index in [2.05, 4.69) is 28.3 Å². The minimum atomic E-state index is 0.498. The number of hydrogen-bond acceptors (Lipinski definition) is 2. The van der Waals surface area contributed by atoms with E-state index < -0.39 is 0 Å². The molecule has 0 heterocycles. The van der Waals surface area contributed by atoms with Crippen molar-refractivity contribution >= 4 is 15.9 Å². The smallest absolute Gasteiger partial charge is 0.119 e. The lowest BCUT2D eigenvalue weighted by Gasteiger charge is -2.30. The van der Waals surface area contributed by atoms with Gasteiger partial charge in [-0.2, -0.15) is 0 Å². The van der Waals surface area contributed by atoms with Crippen molar-refractivity contribution < 1.29 is 4.74 Å². The quantitative estimate of drug-likeness (QED) is 0.858. The Morgan fingerprint density at radius 2 is 1.95 bits per heavy atom. The Morgan fingerprint density at radius 1 is 1.26 bits per heavy atom. The molecule has 2 atom stereocenters. The van der Waals surface area contributed by atoms with Crippen LogP contribution >= 0.6 is 15.9 Å². The summed E-state index contributed by atoms with van der Waals surface area (Å²) in [5.41, 5.74) is 0.498. The second-order valence-corrected chi connectivity index (χ2v) is 7.16. The van der Waals surface area contributed by atoms with Gasteiger partial charge in [0.25, 0.3) is 0 Å². The highest BCUT2D eigenvalue weighted by Gasteiger charge is 2.52. The number of rotatable bonds is 6. The summed E-state index contributed by atoms with van der Waals surface area (Å²) in [5, 5.41) is 3.39.